The zero-order valence-electron chi connectivity index (χ0n) is 20.1. The van der Waals surface area contributed by atoms with Gasteiger partial charge < -0.3 is 5.84 Å². The van der Waals surface area contributed by atoms with Crippen LogP contribution in [0.15, 0.2) is 5.10 Å². The zero-order chi connectivity index (χ0) is 20.8. The second kappa shape index (κ2) is 8.19. The lowest BCUT2D eigenvalue weighted by molar-refractivity contribution is -0.105. The molecule has 0 aromatic carbocycles. The van der Waals surface area contributed by atoms with Crippen LogP contribution in [0.2, 0.25) is 0 Å². The van der Waals surface area contributed by atoms with Crippen molar-refractivity contribution < 1.29 is 0 Å². The monoisotopic (exact) mass is 400 g/mol. The standard InChI is InChI=1S/C27H48N2/c1-18(2)7-6-8-19(3)23-11-12-24-22-10-9-20-17-21(29-28)13-15-26(20,4)25(22)14-16-27(23,24)5/h18-20,22-25H,6-17,28H2,1-5H3/t19-,20+,22+,23-,24+,25+,26+,27-/m1/s1. The summed E-state index contributed by atoms with van der Waals surface area (Å²) < 4.78 is 0. The van der Waals surface area contributed by atoms with Crippen LogP contribution in [-0.4, -0.2) is 5.71 Å². The summed E-state index contributed by atoms with van der Waals surface area (Å²) in [5.74, 6) is 12.2. The van der Waals surface area contributed by atoms with Gasteiger partial charge in [-0.1, -0.05) is 53.9 Å². The first-order chi connectivity index (χ1) is 13.8. The second-order valence-electron chi connectivity index (χ2n) is 12.6. The Kier molecular flexibility index (Phi) is 6.13. The van der Waals surface area contributed by atoms with Gasteiger partial charge in [0.2, 0.25) is 0 Å². The topological polar surface area (TPSA) is 38.4 Å². The molecule has 8 atom stereocenters. The molecule has 0 unspecified atom stereocenters. The largest absolute Gasteiger partial charge is 0.323 e. The number of hydrogen-bond donors (Lipinski definition) is 1. The van der Waals surface area contributed by atoms with Crippen molar-refractivity contribution in [3.8, 4) is 0 Å². The van der Waals surface area contributed by atoms with E-state index < -0.39 is 0 Å². The van der Waals surface area contributed by atoms with E-state index in [-0.39, 0.29) is 0 Å². The van der Waals surface area contributed by atoms with E-state index in [1.807, 2.05) is 0 Å². The van der Waals surface area contributed by atoms with Crippen molar-refractivity contribution in [3.05, 3.63) is 0 Å². The molecule has 4 aliphatic carbocycles. The highest BCUT2D eigenvalue weighted by Gasteiger charge is 2.60. The molecule has 0 radical (unpaired) electrons. The average Bonchev–Trinajstić information content (AvgIpc) is 3.04. The highest BCUT2D eigenvalue weighted by Crippen LogP contribution is 2.68. The number of fused-ring (bicyclic) bond motifs is 5. The summed E-state index contributed by atoms with van der Waals surface area (Å²) in [6.45, 7) is 12.7. The molecule has 4 saturated carbocycles. The van der Waals surface area contributed by atoms with Crippen molar-refractivity contribution in [2.45, 2.75) is 112 Å². The van der Waals surface area contributed by atoms with Gasteiger partial charge in [0.15, 0.2) is 0 Å². The fourth-order valence-corrected chi connectivity index (χ4v) is 9.20. The van der Waals surface area contributed by atoms with Crippen molar-refractivity contribution in [2.75, 3.05) is 0 Å². The number of nitrogens with two attached hydrogens (primary N) is 1. The van der Waals surface area contributed by atoms with E-state index in [1.165, 1.54) is 76.3 Å². The van der Waals surface area contributed by atoms with Gasteiger partial charge in [0.1, 0.15) is 0 Å². The molecule has 29 heavy (non-hydrogen) atoms. The average molecular weight is 401 g/mol. The molecule has 0 aromatic heterocycles. The normalized spacial score (nSPS) is 47.0. The van der Waals surface area contributed by atoms with Gasteiger partial charge in [0.25, 0.3) is 0 Å². The Morgan fingerprint density at radius 3 is 2.41 bits per heavy atom. The minimum atomic E-state index is 0.555. The van der Waals surface area contributed by atoms with E-state index in [2.05, 4.69) is 39.7 Å². The fraction of sp³-hybridized carbons (Fsp3) is 0.963. The molecule has 0 bridgehead atoms. The molecule has 166 valence electrons. The molecule has 0 spiro atoms. The fourth-order valence-electron chi connectivity index (χ4n) is 9.20. The molecule has 2 nitrogen and oxygen atoms in total. The van der Waals surface area contributed by atoms with E-state index >= 15 is 0 Å². The van der Waals surface area contributed by atoms with Gasteiger partial charge in [0.05, 0.1) is 0 Å². The highest BCUT2D eigenvalue weighted by molar-refractivity contribution is 5.85. The van der Waals surface area contributed by atoms with E-state index in [1.54, 1.807) is 0 Å². The van der Waals surface area contributed by atoms with Gasteiger partial charge in [-0.15, -0.1) is 0 Å². The third-order valence-corrected chi connectivity index (χ3v) is 10.9. The summed E-state index contributed by atoms with van der Waals surface area (Å²) >= 11 is 0. The first-order valence-electron chi connectivity index (χ1n) is 13.0. The molecule has 4 fully saturated rings. The van der Waals surface area contributed by atoms with E-state index in [0.29, 0.717) is 10.8 Å². The third kappa shape index (κ3) is 3.69. The molecule has 0 aliphatic heterocycles. The molecule has 0 aromatic rings. The van der Waals surface area contributed by atoms with Crippen molar-refractivity contribution in [1.82, 2.24) is 0 Å². The number of hydrogen-bond acceptors (Lipinski definition) is 2. The Balaban J connectivity index is 1.46. The molecule has 0 heterocycles. The highest BCUT2D eigenvalue weighted by atomic mass is 15.1. The van der Waals surface area contributed by atoms with Gasteiger partial charge in [-0.25, -0.2) is 0 Å². The SMILES string of the molecule is CC(C)CCC[C@@H](C)[C@H]1CC[C@H]2[C@@H]3CC[C@H]4CC(=NN)CC[C@]4(C)[C@H]3CC[C@]12C. The van der Waals surface area contributed by atoms with Crippen LogP contribution in [0.4, 0.5) is 0 Å². The number of nitrogens with zero attached hydrogens (tertiary/aromatic N) is 1. The predicted octanol–water partition coefficient (Wildman–Crippen LogP) is 7.42. The molecule has 0 saturated heterocycles. The van der Waals surface area contributed by atoms with E-state index in [0.717, 1.165) is 47.8 Å². The summed E-state index contributed by atoms with van der Waals surface area (Å²) in [7, 11) is 0. The predicted molar refractivity (Wildman–Crippen MR) is 125 cm³/mol. The van der Waals surface area contributed by atoms with Crippen molar-refractivity contribution in [2.24, 2.45) is 63.2 Å². The van der Waals surface area contributed by atoms with Gasteiger partial charge >= 0.3 is 0 Å². The maximum atomic E-state index is 5.67. The van der Waals surface area contributed by atoms with Gasteiger partial charge in [-0.2, -0.15) is 5.10 Å². The summed E-state index contributed by atoms with van der Waals surface area (Å²) in [6.07, 6.45) is 16.9. The first kappa shape index (κ1) is 21.7. The molecule has 4 rings (SSSR count). The molecule has 2 N–H and O–H groups in total. The molecule has 0 amide bonds. The maximum Gasteiger partial charge on any atom is 0.0379 e. The van der Waals surface area contributed by atoms with Gasteiger partial charge in [-0.05, 0) is 110 Å². The maximum absolute atomic E-state index is 5.67. The summed E-state index contributed by atoms with van der Waals surface area (Å²) in [6, 6.07) is 0. The van der Waals surface area contributed by atoms with Crippen LogP contribution in [0.3, 0.4) is 0 Å². The molecular formula is C27H48N2. The quantitative estimate of drug-likeness (QED) is 0.378. The molecule has 2 heteroatoms. The first-order valence-corrected chi connectivity index (χ1v) is 13.0. The summed E-state index contributed by atoms with van der Waals surface area (Å²) in [5, 5.41) is 4.12. The van der Waals surface area contributed by atoms with Crippen LogP contribution in [0.5, 0.6) is 0 Å². The minimum Gasteiger partial charge on any atom is -0.323 e. The Bertz CT molecular complexity index is 610. The lowest BCUT2D eigenvalue weighted by Gasteiger charge is -2.60. The Morgan fingerprint density at radius 1 is 0.931 bits per heavy atom. The van der Waals surface area contributed by atoms with Crippen LogP contribution in [0, 0.1) is 52.3 Å². The van der Waals surface area contributed by atoms with Crippen LogP contribution < -0.4 is 5.84 Å². The van der Waals surface area contributed by atoms with Crippen molar-refractivity contribution in [3.63, 3.8) is 0 Å². The van der Waals surface area contributed by atoms with Gasteiger partial charge in [0, 0.05) is 5.71 Å². The Labute approximate surface area is 180 Å². The Hall–Kier alpha value is -0.530. The minimum absolute atomic E-state index is 0.555. The summed E-state index contributed by atoms with van der Waals surface area (Å²) in [4.78, 5) is 0. The smallest absolute Gasteiger partial charge is 0.0379 e. The lowest BCUT2D eigenvalue weighted by Crippen LogP contribution is -2.53. The lowest BCUT2D eigenvalue weighted by atomic mass is 9.44. The van der Waals surface area contributed by atoms with Crippen LogP contribution in [0.1, 0.15) is 112 Å². The van der Waals surface area contributed by atoms with Crippen LogP contribution in [0.25, 0.3) is 0 Å². The second-order valence-corrected chi connectivity index (χ2v) is 12.6. The number of hydrazone groups is 1. The van der Waals surface area contributed by atoms with E-state index in [4.69, 9.17) is 5.84 Å². The van der Waals surface area contributed by atoms with Crippen molar-refractivity contribution in [1.29, 1.82) is 0 Å². The molecular weight excluding hydrogens is 352 g/mol. The zero-order valence-corrected chi connectivity index (χ0v) is 20.1. The van der Waals surface area contributed by atoms with Gasteiger partial charge in [-0.3, -0.25) is 0 Å². The van der Waals surface area contributed by atoms with Crippen molar-refractivity contribution >= 4 is 5.71 Å². The molecule has 4 aliphatic rings. The third-order valence-electron chi connectivity index (χ3n) is 10.9. The van der Waals surface area contributed by atoms with Crippen LogP contribution >= 0.6 is 0 Å². The Morgan fingerprint density at radius 2 is 1.69 bits per heavy atom. The summed E-state index contributed by atoms with van der Waals surface area (Å²) in [5.41, 5.74) is 2.47. The van der Waals surface area contributed by atoms with E-state index in [9.17, 15) is 0 Å². The van der Waals surface area contributed by atoms with Crippen LogP contribution in [-0.2, 0) is 0 Å². The number of rotatable bonds is 5.